The molecule has 0 unspecified atom stereocenters. The van der Waals surface area contributed by atoms with Crippen molar-refractivity contribution in [2.24, 2.45) is 0 Å². The number of rotatable bonds is 10. The number of carboxylic acids is 1. The van der Waals surface area contributed by atoms with Crippen molar-refractivity contribution in [2.45, 2.75) is 16.7 Å². The highest BCUT2D eigenvalue weighted by atomic mass is 32.2. The van der Waals surface area contributed by atoms with E-state index < -0.39 is 22.9 Å². The second-order valence-electron chi connectivity index (χ2n) is 10.5. The first kappa shape index (κ1) is 28.3. The largest absolute Gasteiger partial charge is 0.480 e. The van der Waals surface area contributed by atoms with E-state index >= 15 is 0 Å². The number of nitrogens with one attached hydrogen (secondary N) is 1. The maximum absolute atomic E-state index is 13.1. The van der Waals surface area contributed by atoms with Crippen molar-refractivity contribution in [3.63, 3.8) is 0 Å². The minimum atomic E-state index is -1.17. The van der Waals surface area contributed by atoms with Crippen molar-refractivity contribution in [1.29, 1.82) is 0 Å². The Morgan fingerprint density at radius 1 is 0.674 bits per heavy atom. The van der Waals surface area contributed by atoms with Gasteiger partial charge in [0.1, 0.15) is 12.6 Å². The summed E-state index contributed by atoms with van der Waals surface area (Å²) >= 11 is 1.48. The summed E-state index contributed by atoms with van der Waals surface area (Å²) in [7, 11) is 0. The molecule has 0 bridgehead atoms. The number of amides is 1. The van der Waals surface area contributed by atoms with Gasteiger partial charge in [-0.05, 0) is 38.9 Å². The number of carbonyl (C=O) groups is 2. The molecule has 1 aliphatic carbocycles. The molecule has 5 aromatic carbocycles. The Labute approximate surface area is 255 Å². The van der Waals surface area contributed by atoms with E-state index in [0.29, 0.717) is 0 Å². The van der Waals surface area contributed by atoms with Crippen LogP contribution in [0.15, 0.2) is 140 Å². The van der Waals surface area contributed by atoms with E-state index in [1.54, 1.807) is 0 Å². The SMILES string of the molecule is O=C(N[C@H](CSC(c1ccccc1)(c1ccccc1)c1ccccc1)C(=O)O)OCC1c2ccccc2-c2ccccc21. The number of hydrogen-bond acceptors (Lipinski definition) is 4. The van der Waals surface area contributed by atoms with Crippen LogP contribution in [-0.2, 0) is 14.3 Å². The molecule has 1 atom stereocenters. The zero-order valence-corrected chi connectivity index (χ0v) is 24.2. The average molecular weight is 586 g/mol. The Morgan fingerprint density at radius 2 is 1.09 bits per heavy atom. The van der Waals surface area contributed by atoms with Gasteiger partial charge in [-0.3, -0.25) is 0 Å². The van der Waals surface area contributed by atoms with Gasteiger partial charge in [0.25, 0.3) is 0 Å². The zero-order valence-electron chi connectivity index (χ0n) is 23.4. The number of thioether (sulfide) groups is 1. The van der Waals surface area contributed by atoms with Gasteiger partial charge in [0, 0.05) is 11.7 Å². The predicted molar refractivity (Wildman–Crippen MR) is 171 cm³/mol. The van der Waals surface area contributed by atoms with Gasteiger partial charge in [0.2, 0.25) is 0 Å². The first-order valence-electron chi connectivity index (χ1n) is 14.2. The van der Waals surface area contributed by atoms with Crippen molar-refractivity contribution >= 4 is 23.8 Å². The fourth-order valence-corrected chi connectivity index (χ4v) is 7.48. The lowest BCUT2D eigenvalue weighted by molar-refractivity contribution is -0.138. The second-order valence-corrected chi connectivity index (χ2v) is 11.7. The Bertz CT molecular complexity index is 1570. The number of carbonyl (C=O) groups excluding carboxylic acids is 1. The molecule has 0 spiro atoms. The van der Waals surface area contributed by atoms with Gasteiger partial charge in [-0.25, -0.2) is 9.59 Å². The number of aliphatic carboxylic acids is 1. The minimum Gasteiger partial charge on any atom is -0.480 e. The molecule has 1 amide bonds. The molecule has 0 saturated carbocycles. The summed E-state index contributed by atoms with van der Waals surface area (Å²) in [6.45, 7) is 0.112. The number of benzene rings is 5. The molecule has 0 aromatic heterocycles. The summed E-state index contributed by atoms with van der Waals surface area (Å²) in [6.07, 6.45) is -0.750. The minimum absolute atomic E-state index is 0.109. The van der Waals surface area contributed by atoms with E-state index in [4.69, 9.17) is 4.74 Å². The van der Waals surface area contributed by atoms with Gasteiger partial charge in [-0.2, -0.15) is 0 Å². The van der Waals surface area contributed by atoms with E-state index in [1.165, 1.54) is 11.8 Å². The molecule has 1 aliphatic rings. The van der Waals surface area contributed by atoms with E-state index in [-0.39, 0.29) is 18.3 Å². The molecule has 214 valence electrons. The molecule has 0 heterocycles. The Balaban J connectivity index is 1.23. The van der Waals surface area contributed by atoms with Crippen LogP contribution in [0.1, 0.15) is 33.7 Å². The van der Waals surface area contributed by atoms with Gasteiger partial charge in [0.15, 0.2) is 0 Å². The Morgan fingerprint density at radius 3 is 1.53 bits per heavy atom. The highest BCUT2D eigenvalue weighted by Crippen LogP contribution is 2.49. The van der Waals surface area contributed by atoms with Crippen molar-refractivity contribution < 1.29 is 19.4 Å². The molecule has 5 aromatic rings. The number of fused-ring (bicyclic) bond motifs is 3. The van der Waals surface area contributed by atoms with Gasteiger partial charge in [-0.1, -0.05) is 140 Å². The maximum atomic E-state index is 13.1. The summed E-state index contributed by atoms with van der Waals surface area (Å²) in [5.41, 5.74) is 7.51. The fraction of sp³-hybridized carbons (Fsp3) is 0.135. The fourth-order valence-electron chi connectivity index (χ4n) is 5.93. The third-order valence-electron chi connectivity index (χ3n) is 7.94. The maximum Gasteiger partial charge on any atom is 0.407 e. The molecule has 0 fully saturated rings. The summed E-state index contributed by atoms with van der Waals surface area (Å²) in [5, 5.41) is 12.8. The van der Waals surface area contributed by atoms with Crippen LogP contribution in [-0.4, -0.2) is 35.6 Å². The van der Waals surface area contributed by atoms with Gasteiger partial charge < -0.3 is 15.2 Å². The summed E-state index contributed by atoms with van der Waals surface area (Å²) in [6, 6.07) is 45.2. The Kier molecular flexibility index (Phi) is 8.29. The third-order valence-corrected chi connectivity index (χ3v) is 9.58. The standard InChI is InChI=1S/C37H31NO4S/c39-35(40)34(38-36(41)42-24-33-31-22-12-10-20-29(31)30-21-11-13-23-32(30)33)25-43-37(26-14-4-1-5-15-26,27-16-6-2-7-17-27)28-18-8-3-9-19-28/h1-23,33-34H,24-25H2,(H,38,41)(H,39,40)/t34-/m1/s1. The van der Waals surface area contributed by atoms with Crippen LogP contribution < -0.4 is 5.32 Å². The smallest absolute Gasteiger partial charge is 0.407 e. The number of alkyl carbamates (subject to hydrolysis) is 1. The molecule has 6 rings (SSSR count). The lowest BCUT2D eigenvalue weighted by atomic mass is 9.84. The van der Waals surface area contributed by atoms with Crippen molar-refractivity contribution in [2.75, 3.05) is 12.4 Å². The lowest BCUT2D eigenvalue weighted by Gasteiger charge is -2.36. The molecule has 6 heteroatoms. The van der Waals surface area contributed by atoms with Crippen molar-refractivity contribution in [3.05, 3.63) is 167 Å². The molecular formula is C37H31NO4S. The number of carboxylic acid groups (broad SMARTS) is 1. The highest BCUT2D eigenvalue weighted by molar-refractivity contribution is 8.00. The average Bonchev–Trinajstić information content (AvgIpc) is 3.38. The topological polar surface area (TPSA) is 75.6 Å². The van der Waals surface area contributed by atoms with Crippen molar-refractivity contribution in [3.8, 4) is 11.1 Å². The van der Waals surface area contributed by atoms with E-state index in [1.807, 2.05) is 91.0 Å². The van der Waals surface area contributed by atoms with Crippen LogP contribution in [0.5, 0.6) is 0 Å². The van der Waals surface area contributed by atoms with Crippen molar-refractivity contribution in [1.82, 2.24) is 5.32 Å². The Hall–Kier alpha value is -4.81. The van der Waals surface area contributed by atoms with Gasteiger partial charge in [0.05, 0.1) is 4.75 Å². The first-order chi connectivity index (χ1) is 21.1. The normalized spacial score (nSPS) is 13.0. The highest BCUT2D eigenvalue weighted by Gasteiger charge is 2.39. The lowest BCUT2D eigenvalue weighted by Crippen LogP contribution is -2.44. The molecule has 0 saturated heterocycles. The van der Waals surface area contributed by atoms with E-state index in [2.05, 4.69) is 53.8 Å². The second kappa shape index (κ2) is 12.6. The molecular weight excluding hydrogens is 554 g/mol. The third kappa shape index (κ3) is 5.66. The first-order valence-corrected chi connectivity index (χ1v) is 15.2. The van der Waals surface area contributed by atoms with Crippen LogP contribution >= 0.6 is 11.8 Å². The quantitative estimate of drug-likeness (QED) is 0.164. The van der Waals surface area contributed by atoms with Crippen LogP contribution in [0.25, 0.3) is 11.1 Å². The number of hydrogen-bond donors (Lipinski definition) is 2. The van der Waals surface area contributed by atoms with Gasteiger partial charge >= 0.3 is 12.1 Å². The molecule has 0 radical (unpaired) electrons. The van der Waals surface area contributed by atoms with E-state index in [9.17, 15) is 14.7 Å². The summed E-state index contributed by atoms with van der Waals surface area (Å²) in [4.78, 5) is 25.5. The number of ether oxygens (including phenoxy) is 1. The van der Waals surface area contributed by atoms with Gasteiger partial charge in [-0.15, -0.1) is 11.8 Å². The predicted octanol–water partition coefficient (Wildman–Crippen LogP) is 7.70. The molecule has 2 N–H and O–H groups in total. The van der Waals surface area contributed by atoms with Crippen LogP contribution in [0.3, 0.4) is 0 Å². The summed E-state index contributed by atoms with van der Waals surface area (Å²) < 4.78 is 4.98. The van der Waals surface area contributed by atoms with E-state index in [0.717, 1.165) is 38.9 Å². The van der Waals surface area contributed by atoms with Crippen LogP contribution in [0.4, 0.5) is 4.79 Å². The van der Waals surface area contributed by atoms with Crippen LogP contribution in [0, 0.1) is 0 Å². The zero-order chi connectivity index (χ0) is 29.6. The molecule has 5 nitrogen and oxygen atoms in total. The summed E-state index contributed by atoms with van der Waals surface area (Å²) in [5.74, 6) is -1.13. The van der Waals surface area contributed by atoms with Crippen LogP contribution in [0.2, 0.25) is 0 Å². The molecule has 0 aliphatic heterocycles. The monoisotopic (exact) mass is 585 g/mol. The molecule has 43 heavy (non-hydrogen) atoms.